The minimum absolute atomic E-state index is 0.345. The van der Waals surface area contributed by atoms with E-state index in [1.165, 1.54) is 5.56 Å². The SMILES string of the molecule is CC[C@@H]1CN(C(=O)C2CC2)CC[C@H]1NCc1occc1C. The predicted molar refractivity (Wildman–Crippen MR) is 81.8 cm³/mol. The zero-order valence-electron chi connectivity index (χ0n) is 13.1. The fraction of sp³-hybridized carbons (Fsp3) is 0.706. The smallest absolute Gasteiger partial charge is 0.225 e. The van der Waals surface area contributed by atoms with Crippen LogP contribution in [-0.4, -0.2) is 29.9 Å². The Kier molecular flexibility index (Phi) is 4.34. The Bertz CT molecular complexity index is 493. The summed E-state index contributed by atoms with van der Waals surface area (Å²) in [5.41, 5.74) is 1.21. The first-order valence-corrected chi connectivity index (χ1v) is 8.24. The number of likely N-dealkylation sites (tertiary alicyclic amines) is 1. The van der Waals surface area contributed by atoms with Crippen LogP contribution < -0.4 is 5.32 Å². The molecule has 21 heavy (non-hydrogen) atoms. The van der Waals surface area contributed by atoms with E-state index in [9.17, 15) is 4.79 Å². The first kappa shape index (κ1) is 14.6. The molecule has 2 aliphatic rings. The molecular weight excluding hydrogens is 264 g/mol. The maximum absolute atomic E-state index is 12.2. The molecule has 116 valence electrons. The Labute approximate surface area is 126 Å². The molecule has 1 aromatic rings. The van der Waals surface area contributed by atoms with Crippen molar-refractivity contribution in [2.24, 2.45) is 11.8 Å². The molecule has 2 atom stereocenters. The van der Waals surface area contributed by atoms with Crippen LogP contribution >= 0.6 is 0 Å². The van der Waals surface area contributed by atoms with Crippen LogP contribution in [0.4, 0.5) is 0 Å². The van der Waals surface area contributed by atoms with E-state index in [1.54, 1.807) is 6.26 Å². The second-order valence-electron chi connectivity index (χ2n) is 6.53. The Morgan fingerprint density at radius 2 is 2.24 bits per heavy atom. The van der Waals surface area contributed by atoms with Crippen molar-refractivity contribution < 1.29 is 9.21 Å². The quantitative estimate of drug-likeness (QED) is 0.907. The van der Waals surface area contributed by atoms with E-state index in [0.717, 1.165) is 51.1 Å². The number of furan rings is 1. The number of nitrogens with one attached hydrogen (secondary N) is 1. The van der Waals surface area contributed by atoms with Crippen LogP contribution in [0.2, 0.25) is 0 Å². The van der Waals surface area contributed by atoms with Crippen LogP contribution in [0, 0.1) is 18.8 Å². The lowest BCUT2D eigenvalue weighted by Gasteiger charge is -2.39. The summed E-state index contributed by atoms with van der Waals surface area (Å²) in [5.74, 6) is 2.32. The zero-order valence-corrected chi connectivity index (χ0v) is 13.1. The van der Waals surface area contributed by atoms with Crippen LogP contribution in [0.15, 0.2) is 16.7 Å². The van der Waals surface area contributed by atoms with Crippen LogP contribution in [0.5, 0.6) is 0 Å². The van der Waals surface area contributed by atoms with Crippen molar-refractivity contribution in [2.75, 3.05) is 13.1 Å². The summed E-state index contributed by atoms with van der Waals surface area (Å²) in [4.78, 5) is 14.3. The standard InChI is InChI=1S/C17H26N2O2/c1-3-13-11-19(17(20)14-4-5-14)8-6-15(13)18-10-16-12(2)7-9-21-16/h7,9,13-15,18H,3-6,8,10-11H2,1-2H3/t13-,15-/m1/s1. The van der Waals surface area contributed by atoms with Gasteiger partial charge in [-0.25, -0.2) is 0 Å². The molecule has 1 N–H and O–H groups in total. The summed E-state index contributed by atoms with van der Waals surface area (Å²) in [6.45, 7) is 6.91. The number of rotatable bonds is 5. The van der Waals surface area contributed by atoms with Gasteiger partial charge in [-0.15, -0.1) is 0 Å². The van der Waals surface area contributed by atoms with E-state index in [-0.39, 0.29) is 0 Å². The topological polar surface area (TPSA) is 45.5 Å². The number of piperidine rings is 1. The Morgan fingerprint density at radius 1 is 1.43 bits per heavy atom. The van der Waals surface area contributed by atoms with Gasteiger partial charge >= 0.3 is 0 Å². The third-order valence-electron chi connectivity index (χ3n) is 4.99. The van der Waals surface area contributed by atoms with Gasteiger partial charge in [-0.1, -0.05) is 13.3 Å². The second-order valence-corrected chi connectivity index (χ2v) is 6.53. The lowest BCUT2D eigenvalue weighted by atomic mass is 9.89. The lowest BCUT2D eigenvalue weighted by Crippen LogP contribution is -2.51. The normalized spacial score (nSPS) is 26.1. The summed E-state index contributed by atoms with van der Waals surface area (Å²) < 4.78 is 5.50. The minimum atomic E-state index is 0.345. The molecule has 1 saturated heterocycles. The molecule has 1 saturated carbocycles. The highest BCUT2D eigenvalue weighted by Gasteiger charge is 2.37. The Hall–Kier alpha value is -1.29. The Morgan fingerprint density at radius 3 is 2.86 bits per heavy atom. The number of aryl methyl sites for hydroxylation is 1. The average molecular weight is 290 g/mol. The van der Waals surface area contributed by atoms with Crippen molar-refractivity contribution in [3.05, 3.63) is 23.7 Å². The van der Waals surface area contributed by atoms with Gasteiger partial charge in [0.25, 0.3) is 0 Å². The van der Waals surface area contributed by atoms with Crippen molar-refractivity contribution in [1.82, 2.24) is 10.2 Å². The number of nitrogens with zero attached hydrogens (tertiary/aromatic N) is 1. The summed E-state index contributed by atoms with van der Waals surface area (Å²) >= 11 is 0. The molecule has 1 amide bonds. The molecule has 0 radical (unpaired) electrons. The van der Waals surface area contributed by atoms with Gasteiger partial charge < -0.3 is 14.6 Å². The highest BCUT2D eigenvalue weighted by Crippen LogP contribution is 2.33. The van der Waals surface area contributed by atoms with E-state index in [4.69, 9.17) is 4.42 Å². The molecule has 0 spiro atoms. The predicted octanol–water partition coefficient (Wildman–Crippen LogP) is 2.71. The van der Waals surface area contributed by atoms with Crippen LogP contribution in [-0.2, 0) is 11.3 Å². The van der Waals surface area contributed by atoms with E-state index < -0.39 is 0 Å². The fourth-order valence-electron chi connectivity index (χ4n) is 3.31. The van der Waals surface area contributed by atoms with Crippen LogP contribution in [0.3, 0.4) is 0 Å². The summed E-state index contributed by atoms with van der Waals surface area (Å²) in [6.07, 6.45) is 6.12. The molecule has 1 aliphatic carbocycles. The molecule has 1 aliphatic heterocycles. The second kappa shape index (κ2) is 6.22. The number of amides is 1. The third-order valence-corrected chi connectivity index (χ3v) is 4.99. The third kappa shape index (κ3) is 3.31. The van der Waals surface area contributed by atoms with Crippen LogP contribution in [0.25, 0.3) is 0 Å². The Balaban J connectivity index is 1.54. The largest absolute Gasteiger partial charge is 0.468 e. The summed E-state index contributed by atoms with van der Waals surface area (Å²) in [5, 5.41) is 3.64. The van der Waals surface area contributed by atoms with Gasteiger partial charge in [0, 0.05) is 25.0 Å². The van der Waals surface area contributed by atoms with Gasteiger partial charge in [0.1, 0.15) is 5.76 Å². The van der Waals surface area contributed by atoms with Gasteiger partial charge in [-0.3, -0.25) is 4.79 Å². The average Bonchev–Trinajstić information content (AvgIpc) is 3.27. The minimum Gasteiger partial charge on any atom is -0.468 e. The van der Waals surface area contributed by atoms with Crippen LogP contribution in [0.1, 0.15) is 43.9 Å². The molecule has 1 aromatic heterocycles. The maximum atomic E-state index is 12.2. The van der Waals surface area contributed by atoms with E-state index >= 15 is 0 Å². The van der Waals surface area contributed by atoms with E-state index in [2.05, 4.69) is 24.1 Å². The first-order chi connectivity index (χ1) is 10.2. The van der Waals surface area contributed by atoms with Crippen molar-refractivity contribution in [3.63, 3.8) is 0 Å². The fourth-order valence-corrected chi connectivity index (χ4v) is 3.31. The lowest BCUT2D eigenvalue weighted by molar-refractivity contribution is -0.134. The van der Waals surface area contributed by atoms with Gasteiger partial charge in [0.05, 0.1) is 12.8 Å². The molecule has 0 aromatic carbocycles. The molecule has 2 fully saturated rings. The number of carbonyl (C=O) groups excluding carboxylic acids is 1. The maximum Gasteiger partial charge on any atom is 0.225 e. The zero-order chi connectivity index (χ0) is 14.8. The molecule has 4 nitrogen and oxygen atoms in total. The number of carbonyl (C=O) groups is 1. The molecular formula is C17H26N2O2. The number of hydrogen-bond donors (Lipinski definition) is 1. The van der Waals surface area contributed by atoms with Gasteiger partial charge in [-0.2, -0.15) is 0 Å². The molecule has 3 rings (SSSR count). The van der Waals surface area contributed by atoms with E-state index in [0.29, 0.717) is 23.8 Å². The van der Waals surface area contributed by atoms with Gasteiger partial charge in [0.15, 0.2) is 0 Å². The molecule has 4 heteroatoms. The molecule has 0 bridgehead atoms. The number of hydrogen-bond acceptors (Lipinski definition) is 3. The van der Waals surface area contributed by atoms with Gasteiger partial charge in [0.2, 0.25) is 5.91 Å². The summed E-state index contributed by atoms with van der Waals surface area (Å²) in [6, 6.07) is 2.49. The summed E-state index contributed by atoms with van der Waals surface area (Å²) in [7, 11) is 0. The van der Waals surface area contributed by atoms with E-state index in [1.807, 2.05) is 6.07 Å². The van der Waals surface area contributed by atoms with Gasteiger partial charge in [-0.05, 0) is 43.7 Å². The highest BCUT2D eigenvalue weighted by atomic mass is 16.3. The highest BCUT2D eigenvalue weighted by molar-refractivity contribution is 5.81. The van der Waals surface area contributed by atoms with Crippen molar-refractivity contribution in [1.29, 1.82) is 0 Å². The monoisotopic (exact) mass is 290 g/mol. The first-order valence-electron chi connectivity index (χ1n) is 8.24. The van der Waals surface area contributed by atoms with Crippen molar-refractivity contribution >= 4 is 5.91 Å². The van der Waals surface area contributed by atoms with Crippen molar-refractivity contribution in [3.8, 4) is 0 Å². The van der Waals surface area contributed by atoms with Crippen molar-refractivity contribution in [2.45, 2.75) is 52.1 Å². The molecule has 2 heterocycles. The molecule has 0 unspecified atom stereocenters.